The number of anilines is 2. The molecule has 0 amide bonds. The lowest BCUT2D eigenvalue weighted by molar-refractivity contribution is -0.929. The summed E-state index contributed by atoms with van der Waals surface area (Å²) in [5.74, 6) is -0.753. The molecular formula is C34H33F3N6O7S. The number of methoxy groups -OCH3 is 1. The third-order valence-electron chi connectivity index (χ3n) is 8.68. The Hall–Kier alpha value is -5.28. The summed E-state index contributed by atoms with van der Waals surface area (Å²) in [4.78, 5) is 27.8. The molecule has 3 heterocycles. The van der Waals surface area contributed by atoms with Crippen molar-refractivity contribution in [3.63, 3.8) is 0 Å². The summed E-state index contributed by atoms with van der Waals surface area (Å²) in [5.41, 5.74) is 0.506. The number of ether oxygens (including phenoxy) is 2. The molecule has 1 N–H and O–H groups in total. The van der Waals surface area contributed by atoms with Crippen LogP contribution in [0.15, 0.2) is 93.8 Å². The van der Waals surface area contributed by atoms with Gasteiger partial charge in [0.05, 0.1) is 55.0 Å². The predicted molar refractivity (Wildman–Crippen MR) is 175 cm³/mol. The number of H-pyrrole nitrogens is 1. The molecule has 1 fully saturated rings. The molecule has 4 aromatic rings. The van der Waals surface area contributed by atoms with Crippen LogP contribution in [-0.4, -0.2) is 78.6 Å². The van der Waals surface area contributed by atoms with Crippen molar-refractivity contribution in [1.29, 1.82) is 5.26 Å². The van der Waals surface area contributed by atoms with Crippen LogP contribution in [-0.2, 0) is 37.1 Å². The van der Waals surface area contributed by atoms with Crippen molar-refractivity contribution >= 4 is 27.7 Å². The van der Waals surface area contributed by atoms with Gasteiger partial charge in [-0.1, -0.05) is 30.3 Å². The predicted octanol–water partition coefficient (Wildman–Crippen LogP) is 4.22. The van der Waals surface area contributed by atoms with Crippen molar-refractivity contribution in [2.24, 2.45) is 0 Å². The number of nitrogens with one attached hydrogen (secondary N) is 1. The lowest BCUT2D eigenvalue weighted by Crippen LogP contribution is -2.51. The van der Waals surface area contributed by atoms with Crippen molar-refractivity contribution in [3.05, 3.63) is 117 Å². The molecule has 2 aliphatic heterocycles. The molecule has 17 heteroatoms. The van der Waals surface area contributed by atoms with Gasteiger partial charge in [-0.05, 0) is 55.0 Å². The number of nitrogens with zero attached hydrogens (tertiary/aromatic N) is 5. The summed E-state index contributed by atoms with van der Waals surface area (Å²) in [6.45, 7) is 4.63. The Balaban J connectivity index is 0.000000435. The first-order chi connectivity index (χ1) is 24.1. The van der Waals surface area contributed by atoms with Crippen LogP contribution in [0.4, 0.5) is 24.8 Å². The molecule has 0 radical (unpaired) electrons. The van der Waals surface area contributed by atoms with Crippen LogP contribution in [0.1, 0.15) is 35.2 Å². The van der Waals surface area contributed by atoms with E-state index >= 15 is 0 Å². The van der Waals surface area contributed by atoms with E-state index < -0.39 is 39.6 Å². The molecule has 0 bridgehead atoms. The first kappa shape index (κ1) is 37.0. The Morgan fingerprint density at radius 1 is 1.12 bits per heavy atom. The van der Waals surface area contributed by atoms with E-state index in [1.807, 2.05) is 0 Å². The second kappa shape index (κ2) is 14.5. The van der Waals surface area contributed by atoms with Crippen LogP contribution < -0.4 is 10.6 Å². The third-order valence-corrected chi connectivity index (χ3v) is 9.53. The normalized spacial score (nSPS) is 17.1. The van der Waals surface area contributed by atoms with Crippen molar-refractivity contribution < 1.29 is 44.9 Å². The monoisotopic (exact) mass is 726 g/mol. The molecule has 0 saturated carbocycles. The summed E-state index contributed by atoms with van der Waals surface area (Å²) >= 11 is 0. The van der Waals surface area contributed by atoms with Gasteiger partial charge in [-0.15, -0.1) is 5.10 Å². The molecule has 1 saturated heterocycles. The minimum Gasteiger partial charge on any atom is -0.744 e. The van der Waals surface area contributed by atoms with Crippen molar-refractivity contribution in [2.45, 2.75) is 30.6 Å². The number of fused-ring (bicyclic) bond motifs is 1. The molecule has 51 heavy (non-hydrogen) atoms. The Bertz CT molecular complexity index is 2170. The molecular weight excluding hydrogens is 693 g/mol. The molecule has 3 aromatic carbocycles. The first-order valence-electron chi connectivity index (χ1n) is 15.5. The van der Waals surface area contributed by atoms with Crippen molar-refractivity contribution in [2.75, 3.05) is 45.4 Å². The minimum absolute atomic E-state index is 0.00607. The van der Waals surface area contributed by atoms with E-state index in [-0.39, 0.29) is 27.8 Å². The van der Waals surface area contributed by atoms with Gasteiger partial charge in [-0.25, -0.2) is 27.7 Å². The lowest BCUT2D eigenvalue weighted by Gasteiger charge is -2.39. The third kappa shape index (κ3) is 7.89. The number of carbonyl (C=O) groups excluding carboxylic acids is 1. The summed E-state index contributed by atoms with van der Waals surface area (Å²) in [6, 6.07) is 17.9. The highest BCUT2D eigenvalue weighted by Crippen LogP contribution is 2.44. The molecule has 1 unspecified atom stereocenters. The van der Waals surface area contributed by atoms with E-state index in [0.717, 1.165) is 30.8 Å². The quantitative estimate of drug-likeness (QED) is 0.172. The number of rotatable bonds is 6. The minimum atomic E-state index is -4.61. The van der Waals surface area contributed by atoms with Crippen LogP contribution in [0, 0.1) is 11.3 Å². The van der Waals surface area contributed by atoms with Crippen LogP contribution in [0.5, 0.6) is 0 Å². The van der Waals surface area contributed by atoms with Crippen molar-refractivity contribution in [1.82, 2.24) is 14.8 Å². The Morgan fingerprint density at radius 3 is 2.39 bits per heavy atom. The highest BCUT2D eigenvalue weighted by molar-refractivity contribution is 7.85. The second-order valence-electron chi connectivity index (χ2n) is 12.1. The molecule has 1 atom stereocenters. The van der Waals surface area contributed by atoms with E-state index in [9.17, 15) is 41.0 Å². The van der Waals surface area contributed by atoms with Gasteiger partial charge in [-0.2, -0.15) is 18.4 Å². The van der Waals surface area contributed by atoms with Crippen LogP contribution in [0.3, 0.4) is 0 Å². The average molecular weight is 727 g/mol. The Kier molecular flexibility index (Phi) is 10.5. The zero-order valence-corrected chi connectivity index (χ0v) is 28.5. The maximum absolute atomic E-state index is 13.6. The number of likely N-dealkylation sites (N-methyl/N-ethyl adjacent to an activating group) is 1. The van der Waals surface area contributed by atoms with E-state index in [1.54, 1.807) is 31.2 Å². The highest BCUT2D eigenvalue weighted by atomic mass is 32.2. The number of hydrogen-bond acceptors (Lipinski definition) is 10. The number of aromatic nitrogens is 3. The number of benzene rings is 3. The fraction of sp³-hybridized carbons (Fsp3) is 0.294. The SMILES string of the molecule is COC(=O)C1=C(C)N(c2cccc(C(F)(F)F)c2)c2n[nH]c(=O)n2C1c1ccc(C#N)cc1C[N+]1(C)CCOCC1.O=S(=O)([O-])c1ccccc1. The number of halogens is 3. The average Bonchev–Trinajstić information content (AvgIpc) is 3.48. The molecule has 13 nitrogen and oxygen atoms in total. The zero-order valence-electron chi connectivity index (χ0n) is 27.7. The van der Waals surface area contributed by atoms with Gasteiger partial charge in [0.25, 0.3) is 0 Å². The molecule has 2 aliphatic rings. The maximum Gasteiger partial charge on any atom is 0.416 e. The summed E-state index contributed by atoms with van der Waals surface area (Å²) < 4.78 is 84.1. The number of quaternary nitrogens is 1. The number of allylic oxidation sites excluding steroid dienone is 1. The molecule has 6 rings (SSSR count). The van der Waals surface area contributed by atoms with Gasteiger partial charge in [-0.3, -0.25) is 4.90 Å². The summed E-state index contributed by atoms with van der Waals surface area (Å²) in [5, 5.41) is 16.2. The van der Waals surface area contributed by atoms with Gasteiger partial charge < -0.3 is 18.5 Å². The number of esters is 1. The number of alkyl halides is 3. The van der Waals surface area contributed by atoms with E-state index in [0.29, 0.717) is 35.4 Å². The largest absolute Gasteiger partial charge is 0.744 e. The topological polar surface area (TPSA) is 170 Å². The van der Waals surface area contributed by atoms with E-state index in [4.69, 9.17) is 9.47 Å². The maximum atomic E-state index is 13.6. The summed E-state index contributed by atoms with van der Waals surface area (Å²) in [7, 11) is -0.988. The number of aromatic amines is 1. The van der Waals surface area contributed by atoms with Gasteiger partial charge in [0, 0.05) is 16.9 Å². The first-order valence-corrected chi connectivity index (χ1v) is 16.9. The molecule has 0 spiro atoms. The van der Waals surface area contributed by atoms with Crippen LogP contribution in [0.25, 0.3) is 0 Å². The number of morpholine rings is 1. The Labute approximate surface area is 291 Å². The van der Waals surface area contributed by atoms with Crippen LogP contribution >= 0.6 is 0 Å². The number of nitriles is 1. The number of hydrogen-bond donors (Lipinski definition) is 1. The van der Waals surface area contributed by atoms with Gasteiger partial charge in [0.1, 0.15) is 35.8 Å². The zero-order chi connectivity index (χ0) is 37.1. The van der Waals surface area contributed by atoms with Crippen molar-refractivity contribution in [3.8, 4) is 6.07 Å². The molecule has 1 aromatic heterocycles. The highest BCUT2D eigenvalue weighted by Gasteiger charge is 2.42. The smallest absolute Gasteiger partial charge is 0.416 e. The fourth-order valence-corrected chi connectivity index (χ4v) is 6.59. The summed E-state index contributed by atoms with van der Waals surface area (Å²) in [6.07, 6.45) is -4.61. The standard InChI is InChI=1S/C28H27F3N6O4.C6H6O3S/c1-17-23(25(38)40-3)24(22-8-7-18(15-32)13-19(22)16-37(2)9-11-41-12-10-37)36-26(33-34-27(36)39)35(17)21-6-4-5-20(14-21)28(29,30)31;7-10(8,9)6-4-2-1-3-5-6/h4-8,13-14,24H,9-12,16H2,1-3H3;1-5H,(H,7,8,9). The van der Waals surface area contributed by atoms with Gasteiger partial charge >= 0.3 is 17.8 Å². The van der Waals surface area contributed by atoms with E-state index in [1.165, 1.54) is 53.0 Å². The molecule has 0 aliphatic carbocycles. The molecule has 268 valence electrons. The lowest BCUT2D eigenvalue weighted by atomic mass is 9.89. The number of carbonyl (C=O) groups is 1. The van der Waals surface area contributed by atoms with E-state index in [2.05, 4.69) is 23.3 Å². The van der Waals surface area contributed by atoms with Gasteiger partial charge in [0.15, 0.2) is 0 Å². The second-order valence-corrected chi connectivity index (χ2v) is 13.5. The fourth-order valence-electron chi connectivity index (χ4n) is 6.10. The van der Waals surface area contributed by atoms with Gasteiger partial charge in [0.2, 0.25) is 5.95 Å². The van der Waals surface area contributed by atoms with Crippen LogP contribution in [0.2, 0.25) is 0 Å². The Morgan fingerprint density at radius 2 is 1.80 bits per heavy atom.